The lowest BCUT2D eigenvalue weighted by atomic mass is 10.1. The summed E-state index contributed by atoms with van der Waals surface area (Å²) in [6, 6.07) is 5.70. The smallest absolute Gasteiger partial charge is 0.239 e. The predicted octanol–water partition coefficient (Wildman–Crippen LogP) is 0.818. The van der Waals surface area contributed by atoms with Crippen molar-refractivity contribution in [2.75, 3.05) is 6.54 Å². The first-order chi connectivity index (χ1) is 11.3. The molecular weight excluding hydrogens is 330 g/mol. The minimum absolute atomic E-state index is 0.00404. The van der Waals surface area contributed by atoms with Crippen molar-refractivity contribution < 1.29 is 18.0 Å². The maximum absolute atomic E-state index is 12.0. The zero-order chi connectivity index (χ0) is 17.7. The van der Waals surface area contributed by atoms with E-state index in [4.69, 9.17) is 5.14 Å². The van der Waals surface area contributed by atoms with Crippen LogP contribution in [0.15, 0.2) is 29.2 Å². The molecule has 1 aromatic carbocycles. The summed E-state index contributed by atoms with van der Waals surface area (Å²) in [7, 11) is -3.79. The third-order valence-corrected chi connectivity index (χ3v) is 5.12. The van der Waals surface area contributed by atoms with Gasteiger partial charge in [0.05, 0.1) is 17.5 Å². The molecule has 0 bridgehead atoms. The molecule has 2 amide bonds. The molecule has 0 radical (unpaired) electrons. The van der Waals surface area contributed by atoms with Crippen LogP contribution in [0.2, 0.25) is 0 Å². The van der Waals surface area contributed by atoms with Crippen molar-refractivity contribution in [3.05, 3.63) is 29.8 Å². The van der Waals surface area contributed by atoms with Crippen LogP contribution in [0.1, 0.15) is 44.2 Å². The van der Waals surface area contributed by atoms with Crippen molar-refractivity contribution in [1.29, 1.82) is 0 Å². The van der Waals surface area contributed by atoms with Crippen LogP contribution >= 0.6 is 0 Å². The molecule has 132 valence electrons. The van der Waals surface area contributed by atoms with Gasteiger partial charge in [-0.15, -0.1) is 0 Å². The first-order valence-corrected chi connectivity index (χ1v) is 9.52. The number of sulfonamides is 1. The second-order valence-corrected chi connectivity index (χ2v) is 7.67. The maximum atomic E-state index is 12.0. The summed E-state index contributed by atoms with van der Waals surface area (Å²) in [5.41, 5.74) is 0.622. The number of nitrogens with one attached hydrogen (secondary N) is 2. The Morgan fingerprint density at radius 1 is 1.29 bits per heavy atom. The number of rotatable bonds is 6. The minimum atomic E-state index is -3.79. The average Bonchev–Trinajstić information content (AvgIpc) is 3.06. The Bertz CT molecular complexity index is 712. The van der Waals surface area contributed by atoms with Crippen LogP contribution in [0.25, 0.3) is 0 Å². The lowest BCUT2D eigenvalue weighted by molar-refractivity contribution is -0.128. The van der Waals surface area contributed by atoms with Gasteiger partial charge in [-0.05, 0) is 37.5 Å². The first kappa shape index (κ1) is 18.4. The Morgan fingerprint density at radius 3 is 2.58 bits per heavy atom. The Hall–Kier alpha value is -1.93. The fourth-order valence-corrected chi connectivity index (χ4v) is 3.41. The largest absolute Gasteiger partial charge is 0.348 e. The highest BCUT2D eigenvalue weighted by Gasteiger charge is 2.23. The van der Waals surface area contributed by atoms with Crippen LogP contribution in [0.3, 0.4) is 0 Å². The zero-order valence-electron chi connectivity index (χ0n) is 13.6. The van der Waals surface area contributed by atoms with Crippen molar-refractivity contribution in [1.82, 2.24) is 10.6 Å². The highest BCUT2D eigenvalue weighted by Crippen LogP contribution is 2.24. The Balaban J connectivity index is 1.88. The number of hydrogen-bond acceptors (Lipinski definition) is 4. The monoisotopic (exact) mass is 353 g/mol. The van der Waals surface area contributed by atoms with Gasteiger partial charge in [-0.2, -0.15) is 0 Å². The van der Waals surface area contributed by atoms with E-state index in [0.29, 0.717) is 5.56 Å². The van der Waals surface area contributed by atoms with E-state index in [1.165, 1.54) is 12.1 Å². The summed E-state index contributed by atoms with van der Waals surface area (Å²) in [5, 5.41) is 10.5. The third-order valence-electron chi connectivity index (χ3n) is 4.21. The molecule has 7 nitrogen and oxygen atoms in total. The summed E-state index contributed by atoms with van der Waals surface area (Å²) in [4.78, 5) is 23.8. The average molecular weight is 353 g/mol. The van der Waals surface area contributed by atoms with Crippen LogP contribution in [0.4, 0.5) is 0 Å². The van der Waals surface area contributed by atoms with E-state index in [2.05, 4.69) is 10.6 Å². The van der Waals surface area contributed by atoms with Gasteiger partial charge in [-0.3, -0.25) is 9.59 Å². The van der Waals surface area contributed by atoms with E-state index in [9.17, 15) is 18.0 Å². The number of hydrogen-bond donors (Lipinski definition) is 3. The quantitative estimate of drug-likeness (QED) is 0.701. The molecule has 0 saturated heterocycles. The maximum Gasteiger partial charge on any atom is 0.239 e. The molecule has 1 unspecified atom stereocenters. The van der Waals surface area contributed by atoms with Crippen LogP contribution < -0.4 is 15.8 Å². The molecule has 0 aliphatic heterocycles. The van der Waals surface area contributed by atoms with Crippen LogP contribution in [-0.2, 0) is 19.6 Å². The van der Waals surface area contributed by atoms with Crippen molar-refractivity contribution >= 4 is 21.8 Å². The summed E-state index contributed by atoms with van der Waals surface area (Å²) < 4.78 is 22.8. The van der Waals surface area contributed by atoms with Gasteiger partial charge in [0.2, 0.25) is 21.8 Å². The normalized spacial score (nSPS) is 16.6. The number of carbonyl (C=O) groups is 2. The van der Waals surface area contributed by atoms with Gasteiger partial charge in [0, 0.05) is 5.92 Å². The Kier molecular flexibility index (Phi) is 5.95. The second kappa shape index (κ2) is 7.76. The lowest BCUT2D eigenvalue weighted by Gasteiger charge is -2.16. The molecule has 4 N–H and O–H groups in total. The highest BCUT2D eigenvalue weighted by atomic mass is 32.2. The molecule has 1 saturated carbocycles. The molecule has 1 aromatic rings. The molecule has 1 aliphatic carbocycles. The van der Waals surface area contributed by atoms with E-state index in [-0.39, 0.29) is 29.2 Å². The predicted molar refractivity (Wildman–Crippen MR) is 89.3 cm³/mol. The van der Waals surface area contributed by atoms with Gasteiger partial charge in [-0.25, -0.2) is 13.6 Å². The molecule has 1 aliphatic rings. The molecular formula is C16H23N3O4S. The van der Waals surface area contributed by atoms with Crippen molar-refractivity contribution in [3.63, 3.8) is 0 Å². The van der Waals surface area contributed by atoms with Gasteiger partial charge < -0.3 is 10.6 Å². The van der Waals surface area contributed by atoms with E-state index < -0.39 is 16.1 Å². The summed E-state index contributed by atoms with van der Waals surface area (Å²) in [5.74, 6) is -0.386. The molecule has 0 heterocycles. The van der Waals surface area contributed by atoms with Crippen LogP contribution in [-0.4, -0.2) is 26.8 Å². The number of primary sulfonamides is 1. The SMILES string of the molecule is CC(NC(=O)CNC(=O)C1CCCC1)c1cccc(S(N)(=O)=O)c1. The van der Waals surface area contributed by atoms with E-state index in [0.717, 1.165) is 25.7 Å². The molecule has 0 spiro atoms. The van der Waals surface area contributed by atoms with Crippen LogP contribution in [0.5, 0.6) is 0 Å². The molecule has 24 heavy (non-hydrogen) atoms. The first-order valence-electron chi connectivity index (χ1n) is 7.97. The highest BCUT2D eigenvalue weighted by molar-refractivity contribution is 7.89. The Labute approximate surface area is 142 Å². The van der Waals surface area contributed by atoms with E-state index in [1.54, 1.807) is 19.1 Å². The molecule has 0 aromatic heterocycles. The fraction of sp³-hybridized carbons (Fsp3) is 0.500. The van der Waals surface area contributed by atoms with Crippen molar-refractivity contribution in [2.24, 2.45) is 11.1 Å². The van der Waals surface area contributed by atoms with Gasteiger partial charge in [0.1, 0.15) is 0 Å². The number of carbonyl (C=O) groups excluding carboxylic acids is 2. The van der Waals surface area contributed by atoms with Gasteiger partial charge in [-0.1, -0.05) is 25.0 Å². The summed E-state index contributed by atoms with van der Waals surface area (Å²) >= 11 is 0. The Morgan fingerprint density at radius 2 is 1.96 bits per heavy atom. The van der Waals surface area contributed by atoms with Gasteiger partial charge in [0.25, 0.3) is 0 Å². The zero-order valence-corrected chi connectivity index (χ0v) is 14.4. The molecule has 2 rings (SSSR count). The summed E-state index contributed by atoms with van der Waals surface area (Å²) in [6.45, 7) is 1.65. The molecule has 8 heteroatoms. The fourth-order valence-electron chi connectivity index (χ4n) is 2.84. The number of benzene rings is 1. The van der Waals surface area contributed by atoms with Crippen molar-refractivity contribution in [3.8, 4) is 0 Å². The van der Waals surface area contributed by atoms with E-state index in [1.807, 2.05) is 0 Å². The lowest BCUT2D eigenvalue weighted by Crippen LogP contribution is -2.40. The number of amides is 2. The number of nitrogens with two attached hydrogens (primary N) is 1. The topological polar surface area (TPSA) is 118 Å². The van der Waals surface area contributed by atoms with Crippen molar-refractivity contribution in [2.45, 2.75) is 43.5 Å². The molecule has 1 fully saturated rings. The molecule has 1 atom stereocenters. The minimum Gasteiger partial charge on any atom is -0.348 e. The third kappa shape index (κ3) is 5.04. The summed E-state index contributed by atoms with van der Waals surface area (Å²) in [6.07, 6.45) is 3.87. The standard InChI is InChI=1S/C16H23N3O4S/c1-11(13-7-4-8-14(9-13)24(17,22)23)19-15(20)10-18-16(21)12-5-2-3-6-12/h4,7-9,11-12H,2-3,5-6,10H2,1H3,(H,18,21)(H,19,20)(H2,17,22,23). The van der Waals surface area contributed by atoms with Gasteiger partial charge >= 0.3 is 0 Å². The second-order valence-electron chi connectivity index (χ2n) is 6.11. The van der Waals surface area contributed by atoms with E-state index >= 15 is 0 Å². The van der Waals surface area contributed by atoms with Crippen LogP contribution in [0, 0.1) is 5.92 Å². The van der Waals surface area contributed by atoms with Gasteiger partial charge in [0.15, 0.2) is 0 Å².